The first-order chi connectivity index (χ1) is 18.0. The Labute approximate surface area is 221 Å². The van der Waals surface area contributed by atoms with Gasteiger partial charge in [0.1, 0.15) is 0 Å². The maximum Gasteiger partial charge on any atom is 0.253 e. The lowest BCUT2D eigenvalue weighted by molar-refractivity contribution is -0.127. The van der Waals surface area contributed by atoms with Crippen LogP contribution in [0.2, 0.25) is 0 Å². The molecule has 6 nitrogen and oxygen atoms in total. The monoisotopic (exact) mass is 503 g/mol. The summed E-state index contributed by atoms with van der Waals surface area (Å²) < 4.78 is 0. The third kappa shape index (κ3) is 7.00. The molecule has 2 aliphatic rings. The summed E-state index contributed by atoms with van der Waals surface area (Å²) in [6, 6.07) is 15.3. The van der Waals surface area contributed by atoms with Gasteiger partial charge in [0, 0.05) is 36.3 Å². The van der Waals surface area contributed by atoms with Gasteiger partial charge in [-0.25, -0.2) is 0 Å². The Kier molecular flexibility index (Phi) is 9.37. The number of piperidine rings is 1. The van der Waals surface area contributed by atoms with Gasteiger partial charge in [0.05, 0.1) is 5.92 Å². The van der Waals surface area contributed by atoms with Gasteiger partial charge in [-0.2, -0.15) is 0 Å². The summed E-state index contributed by atoms with van der Waals surface area (Å²) in [4.78, 5) is 41.2. The largest absolute Gasteiger partial charge is 0.351 e. The van der Waals surface area contributed by atoms with E-state index in [-0.39, 0.29) is 35.7 Å². The second-order valence-corrected chi connectivity index (χ2v) is 10.7. The van der Waals surface area contributed by atoms with Gasteiger partial charge in [0.25, 0.3) is 11.8 Å². The van der Waals surface area contributed by atoms with E-state index in [9.17, 15) is 14.4 Å². The standard InChI is InChI=1S/C31H41N3O3/c1-3-4-11-23-16-18-24(19-17-23)31(37)34-20-9-12-25(21-34)29(35)32-27-14-7-8-15-28(27)33-30(36)26-13-6-5-10-22(26)2/h5-6,10,13,16-19,25,27-28H,3-4,7-9,11-12,14-15,20-21H2,1-2H3,(H,32,35)(H,33,36)/t25?,27?,28-/m1/s1. The van der Waals surface area contributed by atoms with Crippen LogP contribution in [0.5, 0.6) is 0 Å². The van der Waals surface area contributed by atoms with Crippen molar-refractivity contribution in [1.82, 2.24) is 15.5 Å². The lowest BCUT2D eigenvalue weighted by atomic mass is 9.88. The number of nitrogens with zero attached hydrogens (tertiary/aromatic N) is 1. The van der Waals surface area contributed by atoms with Gasteiger partial charge < -0.3 is 15.5 Å². The Hall–Kier alpha value is -3.15. The molecular formula is C31H41N3O3. The molecule has 0 radical (unpaired) electrons. The van der Waals surface area contributed by atoms with Crippen LogP contribution in [0.4, 0.5) is 0 Å². The Balaban J connectivity index is 1.34. The molecule has 0 bridgehead atoms. The highest BCUT2D eigenvalue weighted by atomic mass is 16.2. The molecule has 2 aromatic rings. The van der Waals surface area contributed by atoms with Gasteiger partial charge in [-0.15, -0.1) is 0 Å². The van der Waals surface area contributed by atoms with Gasteiger partial charge in [-0.05, 0) is 74.8 Å². The predicted octanol–water partition coefficient (Wildman–Crippen LogP) is 5.05. The number of hydrogen-bond donors (Lipinski definition) is 2. The number of nitrogens with one attached hydrogen (secondary N) is 2. The topological polar surface area (TPSA) is 78.5 Å². The van der Waals surface area contributed by atoms with E-state index in [1.807, 2.05) is 60.4 Å². The Bertz CT molecular complexity index is 1080. The van der Waals surface area contributed by atoms with Crippen molar-refractivity contribution in [1.29, 1.82) is 0 Å². The van der Waals surface area contributed by atoms with Crippen molar-refractivity contribution in [3.63, 3.8) is 0 Å². The van der Waals surface area contributed by atoms with E-state index < -0.39 is 0 Å². The van der Waals surface area contributed by atoms with Gasteiger partial charge in [0.2, 0.25) is 5.91 Å². The fourth-order valence-corrected chi connectivity index (χ4v) is 5.60. The van der Waals surface area contributed by atoms with Crippen LogP contribution in [0.1, 0.15) is 90.1 Å². The van der Waals surface area contributed by atoms with Crippen molar-refractivity contribution >= 4 is 17.7 Å². The molecule has 4 rings (SSSR count). The van der Waals surface area contributed by atoms with Crippen molar-refractivity contribution in [3.05, 3.63) is 70.8 Å². The summed E-state index contributed by atoms with van der Waals surface area (Å²) in [6.45, 7) is 5.23. The maximum absolute atomic E-state index is 13.3. The summed E-state index contributed by atoms with van der Waals surface area (Å²) in [5.74, 6) is -0.314. The highest BCUT2D eigenvalue weighted by Gasteiger charge is 2.33. The number of rotatable bonds is 8. The molecule has 1 heterocycles. The van der Waals surface area contributed by atoms with E-state index in [4.69, 9.17) is 0 Å². The van der Waals surface area contributed by atoms with Crippen LogP contribution in [-0.4, -0.2) is 47.8 Å². The lowest BCUT2D eigenvalue weighted by Gasteiger charge is -2.36. The second kappa shape index (κ2) is 12.9. The normalized spacial score (nSPS) is 21.8. The van der Waals surface area contributed by atoms with Crippen LogP contribution < -0.4 is 10.6 Å². The van der Waals surface area contributed by atoms with Gasteiger partial charge in [-0.3, -0.25) is 14.4 Å². The number of likely N-dealkylation sites (tertiary alicyclic amines) is 1. The molecule has 0 spiro atoms. The lowest BCUT2D eigenvalue weighted by Crippen LogP contribution is -2.55. The fourth-order valence-electron chi connectivity index (χ4n) is 5.60. The Morgan fingerprint density at radius 2 is 1.59 bits per heavy atom. The number of benzene rings is 2. The van der Waals surface area contributed by atoms with Crippen molar-refractivity contribution in [3.8, 4) is 0 Å². The summed E-state index contributed by atoms with van der Waals surface area (Å²) in [6.07, 6.45) is 8.70. The SMILES string of the molecule is CCCCc1ccc(C(=O)N2CCCC(C(=O)NC3CCCC[C@H]3NC(=O)c3ccccc3C)C2)cc1. The van der Waals surface area contributed by atoms with Crippen LogP contribution in [0.3, 0.4) is 0 Å². The molecule has 6 heteroatoms. The van der Waals surface area contributed by atoms with E-state index in [0.717, 1.165) is 63.4 Å². The molecule has 2 unspecified atom stereocenters. The molecule has 1 saturated heterocycles. The Morgan fingerprint density at radius 3 is 2.30 bits per heavy atom. The summed E-state index contributed by atoms with van der Waals surface area (Å²) in [5.41, 5.74) is 3.57. The molecular weight excluding hydrogens is 462 g/mol. The van der Waals surface area contributed by atoms with Crippen molar-refractivity contribution < 1.29 is 14.4 Å². The van der Waals surface area contributed by atoms with E-state index in [0.29, 0.717) is 24.2 Å². The fraction of sp³-hybridized carbons (Fsp3) is 0.516. The van der Waals surface area contributed by atoms with Crippen LogP contribution in [0, 0.1) is 12.8 Å². The molecule has 198 valence electrons. The average molecular weight is 504 g/mol. The van der Waals surface area contributed by atoms with E-state index in [1.54, 1.807) is 0 Å². The zero-order valence-corrected chi connectivity index (χ0v) is 22.3. The van der Waals surface area contributed by atoms with Crippen LogP contribution in [0.25, 0.3) is 0 Å². The number of carbonyl (C=O) groups is 3. The van der Waals surface area contributed by atoms with E-state index in [1.165, 1.54) is 5.56 Å². The molecule has 2 fully saturated rings. The second-order valence-electron chi connectivity index (χ2n) is 10.7. The van der Waals surface area contributed by atoms with E-state index in [2.05, 4.69) is 17.6 Å². The summed E-state index contributed by atoms with van der Waals surface area (Å²) in [7, 11) is 0. The number of carbonyl (C=O) groups excluding carboxylic acids is 3. The van der Waals surface area contributed by atoms with Crippen LogP contribution >= 0.6 is 0 Å². The molecule has 3 amide bonds. The molecule has 37 heavy (non-hydrogen) atoms. The summed E-state index contributed by atoms with van der Waals surface area (Å²) in [5, 5.41) is 6.43. The molecule has 2 aromatic carbocycles. The zero-order valence-electron chi connectivity index (χ0n) is 22.3. The summed E-state index contributed by atoms with van der Waals surface area (Å²) >= 11 is 0. The maximum atomic E-state index is 13.3. The number of hydrogen-bond acceptors (Lipinski definition) is 3. The van der Waals surface area contributed by atoms with E-state index >= 15 is 0 Å². The van der Waals surface area contributed by atoms with Crippen molar-refractivity contribution in [2.24, 2.45) is 5.92 Å². The van der Waals surface area contributed by atoms with Gasteiger partial charge in [-0.1, -0.05) is 56.5 Å². The number of amides is 3. The molecule has 3 atom stereocenters. The Morgan fingerprint density at radius 1 is 0.892 bits per heavy atom. The quantitative estimate of drug-likeness (QED) is 0.529. The molecule has 2 N–H and O–H groups in total. The number of unbranched alkanes of at least 4 members (excludes halogenated alkanes) is 1. The number of aryl methyl sites for hydroxylation is 2. The van der Waals surface area contributed by atoms with Crippen LogP contribution in [0.15, 0.2) is 48.5 Å². The average Bonchev–Trinajstić information content (AvgIpc) is 2.93. The first-order valence-corrected chi connectivity index (χ1v) is 14.0. The first kappa shape index (κ1) is 26.9. The van der Waals surface area contributed by atoms with Crippen molar-refractivity contribution in [2.75, 3.05) is 13.1 Å². The molecule has 0 aromatic heterocycles. The minimum atomic E-state index is -0.226. The van der Waals surface area contributed by atoms with Crippen LogP contribution in [-0.2, 0) is 11.2 Å². The third-order valence-electron chi connectivity index (χ3n) is 7.90. The highest BCUT2D eigenvalue weighted by molar-refractivity contribution is 5.96. The highest BCUT2D eigenvalue weighted by Crippen LogP contribution is 2.23. The molecule has 1 aliphatic carbocycles. The predicted molar refractivity (Wildman–Crippen MR) is 147 cm³/mol. The van der Waals surface area contributed by atoms with Gasteiger partial charge in [0.15, 0.2) is 0 Å². The first-order valence-electron chi connectivity index (χ1n) is 14.0. The molecule has 1 aliphatic heterocycles. The third-order valence-corrected chi connectivity index (χ3v) is 7.90. The van der Waals surface area contributed by atoms with Crippen molar-refractivity contribution in [2.45, 2.75) is 83.7 Å². The zero-order chi connectivity index (χ0) is 26.2. The minimum absolute atomic E-state index is 0.000536. The van der Waals surface area contributed by atoms with Gasteiger partial charge >= 0.3 is 0 Å². The molecule has 1 saturated carbocycles. The smallest absolute Gasteiger partial charge is 0.253 e. The minimum Gasteiger partial charge on any atom is -0.351 e.